The number of anilines is 2. The highest BCUT2D eigenvalue weighted by atomic mass is 79.9. The predicted octanol–water partition coefficient (Wildman–Crippen LogP) is 3.40. The number of hydrogen-bond acceptors (Lipinski definition) is 6. The molecule has 0 spiro atoms. The molecule has 142 valence electrons. The van der Waals surface area contributed by atoms with Crippen LogP contribution in [0, 0.1) is 0 Å². The third-order valence-electron chi connectivity index (χ3n) is 4.12. The summed E-state index contributed by atoms with van der Waals surface area (Å²) in [5.41, 5.74) is 6.16. The van der Waals surface area contributed by atoms with Crippen molar-refractivity contribution in [3.63, 3.8) is 0 Å². The number of aromatic nitrogens is 1. The zero-order valence-corrected chi connectivity index (χ0v) is 17.5. The van der Waals surface area contributed by atoms with Crippen molar-refractivity contribution < 1.29 is 8.42 Å². The molecule has 0 atom stereocenters. The van der Waals surface area contributed by atoms with E-state index >= 15 is 0 Å². The molecule has 2 aromatic rings. The van der Waals surface area contributed by atoms with E-state index in [1.807, 2.05) is 0 Å². The van der Waals surface area contributed by atoms with Gasteiger partial charge in [0.1, 0.15) is 10.4 Å². The molecule has 3 N–H and O–H groups in total. The molecule has 0 radical (unpaired) electrons. The molecule has 6 nitrogen and oxygen atoms in total. The molecule has 0 aliphatic rings. The molecule has 0 saturated heterocycles. The van der Waals surface area contributed by atoms with Gasteiger partial charge in [-0.3, -0.25) is 0 Å². The summed E-state index contributed by atoms with van der Waals surface area (Å²) in [5, 5.41) is 3.21. The SMILES string of the molecule is CCN(CC)CCCNc1cc(S(=O)(=O)c2ccc(N)cc2)cc(Br)n1. The van der Waals surface area contributed by atoms with Crippen LogP contribution in [-0.4, -0.2) is 44.5 Å². The highest BCUT2D eigenvalue weighted by Crippen LogP contribution is 2.26. The maximum Gasteiger partial charge on any atom is 0.206 e. The Balaban J connectivity index is 2.12. The third kappa shape index (κ3) is 5.43. The van der Waals surface area contributed by atoms with E-state index in [0.717, 1.165) is 32.6 Å². The Hall–Kier alpha value is -1.64. The van der Waals surface area contributed by atoms with Crippen molar-refractivity contribution in [1.82, 2.24) is 9.88 Å². The number of nitrogens with two attached hydrogens (primary N) is 1. The second kappa shape index (κ2) is 9.34. The Bertz CT molecular complexity index is 822. The number of sulfone groups is 1. The molecule has 0 bridgehead atoms. The largest absolute Gasteiger partial charge is 0.399 e. The van der Waals surface area contributed by atoms with Gasteiger partial charge in [0, 0.05) is 12.2 Å². The molecule has 1 aromatic carbocycles. The first-order valence-corrected chi connectivity index (χ1v) is 10.9. The molecule has 8 heteroatoms. The molecule has 0 unspecified atom stereocenters. The summed E-state index contributed by atoms with van der Waals surface area (Å²) in [6.45, 7) is 8.04. The first-order valence-electron chi connectivity index (χ1n) is 8.61. The van der Waals surface area contributed by atoms with Crippen LogP contribution in [0.15, 0.2) is 50.8 Å². The number of nitrogens with zero attached hydrogens (tertiary/aromatic N) is 2. The quantitative estimate of drug-likeness (QED) is 0.352. The third-order valence-corrected chi connectivity index (χ3v) is 6.28. The molecule has 0 saturated carbocycles. The van der Waals surface area contributed by atoms with E-state index in [9.17, 15) is 8.42 Å². The molecule has 1 heterocycles. The van der Waals surface area contributed by atoms with Crippen molar-refractivity contribution >= 4 is 37.3 Å². The first kappa shape index (κ1) is 20.7. The molecule has 2 rings (SSSR count). The lowest BCUT2D eigenvalue weighted by atomic mass is 10.3. The van der Waals surface area contributed by atoms with Gasteiger partial charge in [0.15, 0.2) is 0 Å². The van der Waals surface area contributed by atoms with E-state index in [1.165, 1.54) is 18.2 Å². The first-order chi connectivity index (χ1) is 12.4. The lowest BCUT2D eigenvalue weighted by molar-refractivity contribution is 0.303. The van der Waals surface area contributed by atoms with Gasteiger partial charge in [-0.25, -0.2) is 13.4 Å². The van der Waals surface area contributed by atoms with Crippen LogP contribution in [0.3, 0.4) is 0 Å². The van der Waals surface area contributed by atoms with Gasteiger partial charge in [-0.1, -0.05) is 13.8 Å². The van der Waals surface area contributed by atoms with Crippen molar-refractivity contribution in [2.24, 2.45) is 0 Å². The molecule has 26 heavy (non-hydrogen) atoms. The number of halogens is 1. The number of nitrogen functional groups attached to an aromatic ring is 1. The van der Waals surface area contributed by atoms with Crippen LogP contribution in [0.1, 0.15) is 20.3 Å². The Morgan fingerprint density at radius 3 is 2.38 bits per heavy atom. The number of benzene rings is 1. The fourth-order valence-corrected chi connectivity index (χ4v) is 4.45. The normalized spacial score (nSPS) is 11.7. The van der Waals surface area contributed by atoms with Crippen LogP contribution in [0.4, 0.5) is 11.5 Å². The second-order valence-electron chi connectivity index (χ2n) is 5.89. The smallest absolute Gasteiger partial charge is 0.206 e. The standard InChI is InChI=1S/C18H25BrN4O2S/c1-3-23(4-2)11-5-10-21-18-13-16(12-17(19)22-18)26(24,25)15-8-6-14(20)7-9-15/h6-9,12-13H,3-5,10-11,20H2,1-2H3,(H,21,22). The monoisotopic (exact) mass is 440 g/mol. The lowest BCUT2D eigenvalue weighted by Gasteiger charge is -2.18. The number of rotatable bonds is 9. The average molecular weight is 441 g/mol. The van der Waals surface area contributed by atoms with Gasteiger partial charge >= 0.3 is 0 Å². The maximum atomic E-state index is 12.8. The van der Waals surface area contributed by atoms with Gasteiger partial charge in [-0.15, -0.1) is 0 Å². The molecular weight excluding hydrogens is 416 g/mol. The van der Waals surface area contributed by atoms with Crippen LogP contribution in [0.2, 0.25) is 0 Å². The van der Waals surface area contributed by atoms with Crippen molar-refractivity contribution in [2.45, 2.75) is 30.1 Å². The van der Waals surface area contributed by atoms with Crippen LogP contribution in [0.5, 0.6) is 0 Å². The lowest BCUT2D eigenvalue weighted by Crippen LogP contribution is -2.25. The Kier molecular flexibility index (Phi) is 7.43. The van der Waals surface area contributed by atoms with Crippen molar-refractivity contribution in [3.8, 4) is 0 Å². The topological polar surface area (TPSA) is 88.3 Å². The molecule has 0 fully saturated rings. The van der Waals surface area contributed by atoms with E-state index in [2.05, 4.69) is 45.0 Å². The second-order valence-corrected chi connectivity index (χ2v) is 8.65. The minimum atomic E-state index is -3.63. The van der Waals surface area contributed by atoms with Crippen LogP contribution >= 0.6 is 15.9 Å². The summed E-state index contributed by atoms with van der Waals surface area (Å²) < 4.78 is 26.1. The fraction of sp³-hybridized carbons (Fsp3) is 0.389. The Labute approximate surface area is 163 Å². The molecule has 0 amide bonds. The van der Waals surface area contributed by atoms with E-state index in [1.54, 1.807) is 18.2 Å². The van der Waals surface area contributed by atoms with Gasteiger partial charge in [-0.05, 0) is 78.4 Å². The summed E-state index contributed by atoms with van der Waals surface area (Å²) in [5.74, 6) is 0.535. The van der Waals surface area contributed by atoms with Gasteiger partial charge in [0.25, 0.3) is 0 Å². The zero-order chi connectivity index (χ0) is 19.2. The molecule has 1 aromatic heterocycles. The van der Waals surface area contributed by atoms with Gasteiger partial charge in [0.05, 0.1) is 9.79 Å². The van der Waals surface area contributed by atoms with Crippen molar-refractivity contribution in [3.05, 3.63) is 41.0 Å². The highest BCUT2D eigenvalue weighted by Gasteiger charge is 2.19. The maximum absolute atomic E-state index is 12.8. The highest BCUT2D eigenvalue weighted by molar-refractivity contribution is 9.10. The van der Waals surface area contributed by atoms with E-state index in [0.29, 0.717) is 16.1 Å². The van der Waals surface area contributed by atoms with Gasteiger partial charge < -0.3 is 16.0 Å². The van der Waals surface area contributed by atoms with Gasteiger partial charge in [0.2, 0.25) is 9.84 Å². The molecule has 0 aliphatic heterocycles. The van der Waals surface area contributed by atoms with E-state index in [4.69, 9.17) is 5.73 Å². The Morgan fingerprint density at radius 1 is 1.12 bits per heavy atom. The number of hydrogen-bond donors (Lipinski definition) is 2. The predicted molar refractivity (Wildman–Crippen MR) is 109 cm³/mol. The van der Waals surface area contributed by atoms with Crippen molar-refractivity contribution in [2.75, 3.05) is 37.2 Å². The fourth-order valence-electron chi connectivity index (χ4n) is 2.56. The summed E-state index contributed by atoms with van der Waals surface area (Å²) in [6.07, 6.45) is 0.954. The van der Waals surface area contributed by atoms with E-state index in [-0.39, 0.29) is 9.79 Å². The summed E-state index contributed by atoms with van der Waals surface area (Å²) in [6, 6.07) is 9.25. The van der Waals surface area contributed by atoms with E-state index < -0.39 is 9.84 Å². The van der Waals surface area contributed by atoms with Crippen LogP contribution < -0.4 is 11.1 Å². The minimum Gasteiger partial charge on any atom is -0.399 e. The zero-order valence-electron chi connectivity index (χ0n) is 15.1. The number of nitrogens with one attached hydrogen (secondary N) is 1. The minimum absolute atomic E-state index is 0.190. The summed E-state index contributed by atoms with van der Waals surface area (Å²) in [7, 11) is -3.63. The van der Waals surface area contributed by atoms with Crippen LogP contribution in [-0.2, 0) is 9.84 Å². The van der Waals surface area contributed by atoms with Crippen LogP contribution in [0.25, 0.3) is 0 Å². The summed E-state index contributed by atoms with van der Waals surface area (Å²) >= 11 is 3.30. The summed E-state index contributed by atoms with van der Waals surface area (Å²) in [4.78, 5) is 7.06. The molecule has 0 aliphatic carbocycles. The van der Waals surface area contributed by atoms with Crippen molar-refractivity contribution in [1.29, 1.82) is 0 Å². The average Bonchev–Trinajstić information content (AvgIpc) is 2.62. The molecular formula is C18H25BrN4O2S. The van der Waals surface area contributed by atoms with Gasteiger partial charge in [-0.2, -0.15) is 0 Å². The Morgan fingerprint density at radius 2 is 1.77 bits per heavy atom. The number of pyridine rings is 1.